The first-order valence-electron chi connectivity index (χ1n) is 11.6. The third-order valence-electron chi connectivity index (χ3n) is 6.72. The summed E-state index contributed by atoms with van der Waals surface area (Å²) in [6, 6.07) is 1.77. The summed E-state index contributed by atoms with van der Waals surface area (Å²) in [6.07, 6.45) is 4.81. The third-order valence-corrected chi connectivity index (χ3v) is 6.72. The molecule has 9 nitrogen and oxygen atoms in total. The molecule has 2 aliphatic rings. The molecule has 0 unspecified atom stereocenters. The minimum atomic E-state index is -0.404. The molecular formula is C23H33N5O4. The van der Waals surface area contributed by atoms with Gasteiger partial charge in [-0.25, -0.2) is 4.79 Å². The predicted octanol–water partition coefficient (Wildman–Crippen LogP) is 2.07. The maximum absolute atomic E-state index is 12.9. The number of carbonyl (C=O) groups excluding carboxylic acids is 2. The molecule has 1 saturated heterocycles. The van der Waals surface area contributed by atoms with Gasteiger partial charge in [0.2, 0.25) is 0 Å². The number of aromatic nitrogens is 4. The summed E-state index contributed by atoms with van der Waals surface area (Å²) in [4.78, 5) is 25.2. The van der Waals surface area contributed by atoms with E-state index >= 15 is 0 Å². The average Bonchev–Trinajstić information content (AvgIpc) is 3.31. The first-order valence-corrected chi connectivity index (χ1v) is 11.6. The van der Waals surface area contributed by atoms with Crippen molar-refractivity contribution in [3.63, 3.8) is 0 Å². The number of nitrogens with one attached hydrogen (secondary N) is 1. The normalized spacial score (nSPS) is 17.7. The number of carbonyl (C=O) groups is 2. The SMILES string of the molecule is CCc1cc(C(=O)OCCCc2nn(CC)c3c2CC2(CCOCC2)CNC3=O)nn1C. The van der Waals surface area contributed by atoms with E-state index in [4.69, 9.17) is 14.6 Å². The Kier molecular flexibility index (Phi) is 6.64. The molecule has 1 amide bonds. The Bertz CT molecular complexity index is 987. The van der Waals surface area contributed by atoms with Crippen molar-refractivity contribution in [2.75, 3.05) is 26.4 Å². The summed E-state index contributed by atoms with van der Waals surface area (Å²) < 4.78 is 14.5. The number of hydrogen-bond acceptors (Lipinski definition) is 6. The summed E-state index contributed by atoms with van der Waals surface area (Å²) >= 11 is 0. The summed E-state index contributed by atoms with van der Waals surface area (Å²) in [7, 11) is 1.83. The molecule has 9 heteroatoms. The molecule has 2 aliphatic heterocycles. The number of hydrogen-bond donors (Lipinski definition) is 1. The second-order valence-corrected chi connectivity index (χ2v) is 8.80. The molecule has 2 aromatic rings. The molecule has 4 heterocycles. The van der Waals surface area contributed by atoms with Gasteiger partial charge in [-0.15, -0.1) is 0 Å². The number of fused-ring (bicyclic) bond motifs is 1. The molecule has 4 rings (SSSR count). The van der Waals surface area contributed by atoms with Crippen molar-refractivity contribution in [3.8, 4) is 0 Å². The van der Waals surface area contributed by atoms with Crippen LogP contribution in [-0.4, -0.2) is 57.8 Å². The zero-order valence-corrected chi connectivity index (χ0v) is 19.3. The van der Waals surface area contributed by atoms with Crippen molar-refractivity contribution in [2.45, 2.75) is 58.9 Å². The first-order chi connectivity index (χ1) is 15.5. The van der Waals surface area contributed by atoms with E-state index in [1.54, 1.807) is 10.7 Å². The molecule has 0 saturated carbocycles. The highest BCUT2D eigenvalue weighted by atomic mass is 16.5. The third kappa shape index (κ3) is 4.44. The number of aryl methyl sites for hydroxylation is 4. The zero-order valence-electron chi connectivity index (χ0n) is 19.3. The van der Waals surface area contributed by atoms with Gasteiger partial charge in [0.1, 0.15) is 5.69 Å². The average molecular weight is 444 g/mol. The van der Waals surface area contributed by atoms with E-state index < -0.39 is 5.97 Å². The Balaban J connectivity index is 1.44. The van der Waals surface area contributed by atoms with Crippen LogP contribution in [0.25, 0.3) is 0 Å². The molecular weight excluding hydrogens is 410 g/mol. The Labute approximate surface area is 188 Å². The second-order valence-electron chi connectivity index (χ2n) is 8.80. The van der Waals surface area contributed by atoms with E-state index in [9.17, 15) is 9.59 Å². The fourth-order valence-corrected chi connectivity index (χ4v) is 4.78. The maximum atomic E-state index is 12.9. The topological polar surface area (TPSA) is 100 Å². The fourth-order valence-electron chi connectivity index (χ4n) is 4.78. The standard InChI is InChI=1S/C23H33N5O4/c1-4-16-13-19(25-27(16)3)22(30)32-10-6-7-18-17-14-23(8-11-31-12-9-23)15-24-21(29)20(17)28(5-2)26-18/h13H,4-12,14-15H2,1-3H3,(H,24,29). The van der Waals surface area contributed by atoms with Crippen LogP contribution in [0, 0.1) is 5.41 Å². The molecule has 0 bridgehead atoms. The van der Waals surface area contributed by atoms with Crippen LogP contribution in [-0.2, 0) is 42.3 Å². The number of rotatable bonds is 7. The van der Waals surface area contributed by atoms with Crippen LogP contribution in [0.3, 0.4) is 0 Å². The van der Waals surface area contributed by atoms with Gasteiger partial charge in [0.05, 0.1) is 12.3 Å². The van der Waals surface area contributed by atoms with Crippen molar-refractivity contribution >= 4 is 11.9 Å². The Hall–Kier alpha value is -2.68. The lowest BCUT2D eigenvalue weighted by molar-refractivity contribution is 0.0160. The summed E-state index contributed by atoms with van der Waals surface area (Å²) in [6.45, 7) is 7.08. The van der Waals surface area contributed by atoms with Gasteiger partial charge >= 0.3 is 5.97 Å². The predicted molar refractivity (Wildman–Crippen MR) is 118 cm³/mol. The van der Waals surface area contributed by atoms with Gasteiger partial charge < -0.3 is 14.8 Å². The van der Waals surface area contributed by atoms with Gasteiger partial charge in [0.15, 0.2) is 5.69 Å². The minimum Gasteiger partial charge on any atom is -0.461 e. The number of esters is 1. The van der Waals surface area contributed by atoms with E-state index in [0.717, 1.165) is 55.8 Å². The van der Waals surface area contributed by atoms with Crippen LogP contribution in [0.15, 0.2) is 6.07 Å². The summed E-state index contributed by atoms with van der Waals surface area (Å²) in [5, 5.41) is 12.1. The van der Waals surface area contributed by atoms with Gasteiger partial charge in [0.25, 0.3) is 5.91 Å². The Morgan fingerprint density at radius 1 is 1.28 bits per heavy atom. The molecule has 0 aliphatic carbocycles. The molecule has 32 heavy (non-hydrogen) atoms. The first kappa shape index (κ1) is 22.5. The Morgan fingerprint density at radius 3 is 2.75 bits per heavy atom. The van der Waals surface area contributed by atoms with Crippen molar-refractivity contribution in [3.05, 3.63) is 34.4 Å². The minimum absolute atomic E-state index is 0.0257. The van der Waals surface area contributed by atoms with Crippen LogP contribution in [0.1, 0.15) is 71.0 Å². The monoisotopic (exact) mass is 443 g/mol. The lowest BCUT2D eigenvalue weighted by Gasteiger charge is -2.36. The molecule has 0 atom stereocenters. The van der Waals surface area contributed by atoms with Gasteiger partial charge in [-0.1, -0.05) is 6.92 Å². The van der Waals surface area contributed by atoms with Gasteiger partial charge in [-0.3, -0.25) is 14.2 Å². The van der Waals surface area contributed by atoms with E-state index in [1.165, 1.54) is 0 Å². The fraction of sp³-hybridized carbons (Fsp3) is 0.652. The van der Waals surface area contributed by atoms with Crippen LogP contribution in [0.2, 0.25) is 0 Å². The molecule has 1 spiro atoms. The van der Waals surface area contributed by atoms with Gasteiger partial charge in [0, 0.05) is 44.6 Å². The summed E-state index contributed by atoms with van der Waals surface area (Å²) in [5.74, 6) is -0.448. The van der Waals surface area contributed by atoms with Crippen molar-refractivity contribution in [2.24, 2.45) is 12.5 Å². The Morgan fingerprint density at radius 2 is 2.06 bits per heavy atom. The molecule has 2 aromatic heterocycles. The molecule has 1 fully saturated rings. The van der Waals surface area contributed by atoms with Crippen LogP contribution in [0.5, 0.6) is 0 Å². The van der Waals surface area contributed by atoms with Crippen molar-refractivity contribution in [1.82, 2.24) is 24.9 Å². The molecule has 0 radical (unpaired) electrons. The van der Waals surface area contributed by atoms with Crippen molar-refractivity contribution in [1.29, 1.82) is 0 Å². The van der Waals surface area contributed by atoms with Gasteiger partial charge in [-0.2, -0.15) is 10.2 Å². The molecule has 174 valence electrons. The van der Waals surface area contributed by atoms with E-state index in [1.807, 2.05) is 25.6 Å². The maximum Gasteiger partial charge on any atom is 0.358 e. The highest BCUT2D eigenvalue weighted by Gasteiger charge is 2.39. The molecule has 0 aromatic carbocycles. The molecule has 1 N–H and O–H groups in total. The van der Waals surface area contributed by atoms with E-state index in [2.05, 4.69) is 10.4 Å². The zero-order chi connectivity index (χ0) is 22.7. The number of amides is 1. The number of nitrogens with zero attached hydrogens (tertiary/aromatic N) is 4. The quantitative estimate of drug-likeness (QED) is 0.519. The van der Waals surface area contributed by atoms with Crippen molar-refractivity contribution < 1.29 is 19.1 Å². The smallest absolute Gasteiger partial charge is 0.358 e. The van der Waals surface area contributed by atoms with Crippen LogP contribution < -0.4 is 5.32 Å². The highest BCUT2D eigenvalue weighted by Crippen LogP contribution is 2.37. The van der Waals surface area contributed by atoms with Crippen LogP contribution in [0.4, 0.5) is 0 Å². The largest absolute Gasteiger partial charge is 0.461 e. The lowest BCUT2D eigenvalue weighted by atomic mass is 9.75. The summed E-state index contributed by atoms with van der Waals surface area (Å²) in [5.41, 5.74) is 4.03. The number of ether oxygens (including phenoxy) is 2. The lowest BCUT2D eigenvalue weighted by Crippen LogP contribution is -2.40. The van der Waals surface area contributed by atoms with Gasteiger partial charge in [-0.05, 0) is 56.9 Å². The second kappa shape index (κ2) is 9.44. The van der Waals surface area contributed by atoms with Crippen LogP contribution >= 0.6 is 0 Å². The van der Waals surface area contributed by atoms with E-state index in [-0.39, 0.29) is 17.9 Å². The van der Waals surface area contributed by atoms with E-state index in [0.29, 0.717) is 37.3 Å². The highest BCUT2D eigenvalue weighted by molar-refractivity contribution is 5.94.